The van der Waals surface area contributed by atoms with Gasteiger partial charge >= 0.3 is 0 Å². The van der Waals surface area contributed by atoms with Crippen molar-refractivity contribution in [1.29, 1.82) is 0 Å². The van der Waals surface area contributed by atoms with E-state index in [4.69, 9.17) is 0 Å². The number of amides is 1. The Morgan fingerprint density at radius 2 is 1.63 bits per heavy atom. The predicted molar refractivity (Wildman–Crippen MR) is 106 cm³/mol. The van der Waals surface area contributed by atoms with Crippen molar-refractivity contribution < 1.29 is 9.18 Å². The summed E-state index contributed by atoms with van der Waals surface area (Å²) >= 11 is 0. The van der Waals surface area contributed by atoms with Gasteiger partial charge in [-0.1, -0.05) is 42.5 Å². The van der Waals surface area contributed by atoms with Crippen LogP contribution >= 0.6 is 0 Å². The van der Waals surface area contributed by atoms with Crippen molar-refractivity contribution in [1.82, 2.24) is 14.7 Å². The molecule has 3 rings (SSSR count). The summed E-state index contributed by atoms with van der Waals surface area (Å²) in [5.74, 6) is -0.0240. The van der Waals surface area contributed by atoms with E-state index in [1.807, 2.05) is 66.4 Å². The van der Waals surface area contributed by atoms with E-state index in [1.54, 1.807) is 0 Å². The predicted octanol–water partition coefficient (Wildman–Crippen LogP) is 2.82. The molecule has 1 fully saturated rings. The number of rotatable bonds is 6. The number of nitrogens with zero attached hydrogens (tertiary/aromatic N) is 3. The van der Waals surface area contributed by atoms with E-state index >= 15 is 0 Å². The lowest BCUT2D eigenvalue weighted by molar-refractivity contribution is -0.138. The molecule has 0 N–H and O–H groups in total. The molecular formula is C22H28FN3O. The number of benzene rings is 2. The lowest BCUT2D eigenvalue weighted by Gasteiger charge is -2.37. The Kier molecular flexibility index (Phi) is 6.58. The highest BCUT2D eigenvalue weighted by molar-refractivity contribution is 5.83. The quantitative estimate of drug-likeness (QED) is 0.783. The van der Waals surface area contributed by atoms with Crippen molar-refractivity contribution in [2.45, 2.75) is 12.5 Å². The van der Waals surface area contributed by atoms with Crippen LogP contribution in [-0.2, 0) is 11.2 Å². The minimum absolute atomic E-state index is 0.171. The van der Waals surface area contributed by atoms with Crippen LogP contribution in [0.15, 0.2) is 54.6 Å². The fourth-order valence-electron chi connectivity index (χ4n) is 3.60. The van der Waals surface area contributed by atoms with Gasteiger partial charge in [0.05, 0.1) is 0 Å². The molecule has 0 radical (unpaired) electrons. The summed E-state index contributed by atoms with van der Waals surface area (Å²) in [7, 11) is 3.91. The highest BCUT2D eigenvalue weighted by Gasteiger charge is 2.29. The second-order valence-corrected chi connectivity index (χ2v) is 7.32. The summed E-state index contributed by atoms with van der Waals surface area (Å²) in [5, 5.41) is 0. The fourth-order valence-corrected chi connectivity index (χ4v) is 3.60. The van der Waals surface area contributed by atoms with Crippen LogP contribution in [0.25, 0.3) is 0 Å². The lowest BCUT2D eigenvalue weighted by atomic mass is 10.0. The minimum atomic E-state index is -0.239. The second-order valence-electron chi connectivity index (χ2n) is 7.32. The number of hydrogen-bond acceptors (Lipinski definition) is 3. The Balaban J connectivity index is 1.53. The molecule has 1 unspecified atom stereocenters. The first kappa shape index (κ1) is 19.5. The number of carbonyl (C=O) groups excluding carboxylic acids is 1. The van der Waals surface area contributed by atoms with Crippen LogP contribution in [0.4, 0.5) is 4.39 Å². The Labute approximate surface area is 161 Å². The van der Waals surface area contributed by atoms with E-state index in [0.717, 1.165) is 50.3 Å². The number of piperazine rings is 1. The maximum Gasteiger partial charge on any atom is 0.244 e. The monoisotopic (exact) mass is 369 g/mol. The van der Waals surface area contributed by atoms with E-state index in [2.05, 4.69) is 4.90 Å². The maximum atomic E-state index is 13.1. The third-order valence-corrected chi connectivity index (χ3v) is 5.18. The topological polar surface area (TPSA) is 26.8 Å². The van der Waals surface area contributed by atoms with Crippen LogP contribution in [-0.4, -0.2) is 67.4 Å². The van der Waals surface area contributed by atoms with E-state index in [1.165, 1.54) is 12.1 Å². The lowest BCUT2D eigenvalue weighted by Crippen LogP contribution is -2.51. The standard InChI is InChI=1S/C22H28FN3O/c1-24(2)21(19-6-4-3-5-7-19)22(27)26-16-14-25(15-17-26)13-12-18-8-10-20(23)11-9-18/h3-11,21H,12-17H2,1-2H3. The first-order valence-electron chi connectivity index (χ1n) is 9.51. The zero-order chi connectivity index (χ0) is 19.2. The second kappa shape index (κ2) is 9.11. The van der Waals surface area contributed by atoms with Crippen LogP contribution in [0, 0.1) is 5.82 Å². The summed E-state index contributed by atoms with van der Waals surface area (Å²) in [6, 6.07) is 16.4. The molecule has 1 atom stereocenters. The highest BCUT2D eigenvalue weighted by atomic mass is 19.1. The molecule has 0 aliphatic carbocycles. The van der Waals surface area contributed by atoms with Gasteiger partial charge in [-0.2, -0.15) is 0 Å². The molecule has 1 aliphatic heterocycles. The molecule has 4 nitrogen and oxygen atoms in total. The molecule has 0 spiro atoms. The third-order valence-electron chi connectivity index (χ3n) is 5.18. The Hall–Kier alpha value is -2.24. The van der Waals surface area contributed by atoms with Gasteiger partial charge in [0.2, 0.25) is 5.91 Å². The molecule has 0 bridgehead atoms. The molecule has 144 valence electrons. The van der Waals surface area contributed by atoms with E-state index in [-0.39, 0.29) is 17.8 Å². The highest BCUT2D eigenvalue weighted by Crippen LogP contribution is 2.21. The summed E-state index contributed by atoms with van der Waals surface area (Å²) in [6.07, 6.45) is 0.901. The zero-order valence-electron chi connectivity index (χ0n) is 16.1. The molecule has 2 aromatic rings. The molecule has 1 heterocycles. The van der Waals surface area contributed by atoms with Crippen molar-refractivity contribution in [3.63, 3.8) is 0 Å². The molecular weight excluding hydrogens is 341 g/mol. The van der Waals surface area contributed by atoms with Crippen LogP contribution in [0.3, 0.4) is 0 Å². The number of likely N-dealkylation sites (N-methyl/N-ethyl adjacent to an activating group) is 1. The largest absolute Gasteiger partial charge is 0.338 e. The van der Waals surface area contributed by atoms with Crippen LogP contribution in [0.2, 0.25) is 0 Å². The maximum absolute atomic E-state index is 13.1. The SMILES string of the molecule is CN(C)C(C(=O)N1CCN(CCc2ccc(F)cc2)CC1)c1ccccc1. The first-order valence-corrected chi connectivity index (χ1v) is 9.51. The Bertz CT molecular complexity index is 725. The van der Waals surface area contributed by atoms with E-state index in [0.29, 0.717) is 0 Å². The molecule has 0 aromatic heterocycles. The molecule has 1 aliphatic rings. The average molecular weight is 369 g/mol. The molecule has 0 saturated carbocycles. The van der Waals surface area contributed by atoms with Gasteiger partial charge in [-0.25, -0.2) is 4.39 Å². The van der Waals surface area contributed by atoms with Gasteiger partial charge in [0, 0.05) is 32.7 Å². The number of hydrogen-bond donors (Lipinski definition) is 0. The summed E-state index contributed by atoms with van der Waals surface area (Å²) in [4.78, 5) is 19.4. The molecule has 5 heteroatoms. The average Bonchev–Trinajstić information content (AvgIpc) is 2.68. The van der Waals surface area contributed by atoms with Gasteiger partial charge in [0.25, 0.3) is 0 Å². The Morgan fingerprint density at radius 1 is 1.00 bits per heavy atom. The Morgan fingerprint density at radius 3 is 2.22 bits per heavy atom. The fraction of sp³-hybridized carbons (Fsp3) is 0.409. The van der Waals surface area contributed by atoms with Crippen molar-refractivity contribution >= 4 is 5.91 Å². The summed E-state index contributed by atoms with van der Waals surface area (Å²) in [5.41, 5.74) is 2.18. The van der Waals surface area contributed by atoms with Crippen LogP contribution < -0.4 is 0 Å². The van der Waals surface area contributed by atoms with Gasteiger partial charge in [-0.15, -0.1) is 0 Å². The van der Waals surface area contributed by atoms with Crippen molar-refractivity contribution in [2.75, 3.05) is 46.8 Å². The number of halogens is 1. The first-order chi connectivity index (χ1) is 13.0. The van der Waals surface area contributed by atoms with E-state index < -0.39 is 0 Å². The molecule has 27 heavy (non-hydrogen) atoms. The van der Waals surface area contributed by atoms with Gasteiger partial charge in [0.15, 0.2) is 0 Å². The number of carbonyl (C=O) groups is 1. The van der Waals surface area contributed by atoms with Crippen molar-refractivity contribution in [3.05, 3.63) is 71.5 Å². The zero-order valence-corrected chi connectivity index (χ0v) is 16.1. The summed E-state index contributed by atoms with van der Waals surface area (Å²) < 4.78 is 13.0. The summed E-state index contributed by atoms with van der Waals surface area (Å²) in [6.45, 7) is 4.19. The van der Waals surface area contributed by atoms with Crippen molar-refractivity contribution in [3.8, 4) is 0 Å². The normalized spacial score (nSPS) is 16.5. The molecule has 1 saturated heterocycles. The van der Waals surface area contributed by atoms with Gasteiger partial charge < -0.3 is 4.90 Å². The van der Waals surface area contributed by atoms with Crippen LogP contribution in [0.5, 0.6) is 0 Å². The van der Waals surface area contributed by atoms with E-state index in [9.17, 15) is 9.18 Å². The smallest absolute Gasteiger partial charge is 0.244 e. The third kappa shape index (κ3) is 5.15. The minimum Gasteiger partial charge on any atom is -0.338 e. The molecule has 2 aromatic carbocycles. The van der Waals surface area contributed by atoms with Crippen molar-refractivity contribution in [2.24, 2.45) is 0 Å². The van der Waals surface area contributed by atoms with Gasteiger partial charge in [0.1, 0.15) is 11.9 Å². The van der Waals surface area contributed by atoms with Crippen LogP contribution in [0.1, 0.15) is 17.2 Å². The van der Waals surface area contributed by atoms with Gasteiger partial charge in [-0.3, -0.25) is 14.6 Å². The van der Waals surface area contributed by atoms with Gasteiger partial charge in [-0.05, 0) is 43.8 Å². The molecule has 1 amide bonds.